The number of nitrogens with one attached hydrogen (secondary N) is 1. The number of pyridine rings is 1. The summed E-state index contributed by atoms with van der Waals surface area (Å²) in [6, 6.07) is 16.0. The van der Waals surface area contributed by atoms with Crippen molar-refractivity contribution >= 4 is 22.3 Å². The quantitative estimate of drug-likeness (QED) is 0.756. The molecule has 0 atom stereocenters. The van der Waals surface area contributed by atoms with Crippen LogP contribution in [0.1, 0.15) is 11.1 Å². The minimum Gasteiger partial charge on any atom is -0.392 e. The molecule has 0 aliphatic carbocycles. The van der Waals surface area contributed by atoms with Crippen LogP contribution in [0.15, 0.2) is 54.7 Å². The van der Waals surface area contributed by atoms with E-state index in [0.717, 1.165) is 27.8 Å². The zero-order chi connectivity index (χ0) is 13.9. The van der Waals surface area contributed by atoms with E-state index < -0.39 is 0 Å². The summed E-state index contributed by atoms with van der Waals surface area (Å²) in [5.74, 6) is 0. The van der Waals surface area contributed by atoms with Crippen LogP contribution >= 0.6 is 0 Å². The van der Waals surface area contributed by atoms with Crippen molar-refractivity contribution in [1.82, 2.24) is 4.98 Å². The van der Waals surface area contributed by atoms with Crippen molar-refractivity contribution in [3.05, 3.63) is 65.9 Å². The van der Waals surface area contributed by atoms with Gasteiger partial charge in [0.25, 0.3) is 0 Å². The average Bonchev–Trinajstić information content (AvgIpc) is 2.49. The molecule has 2 N–H and O–H groups in total. The molecule has 100 valence electrons. The summed E-state index contributed by atoms with van der Waals surface area (Å²) in [6.45, 7) is 2.07. The smallest absolute Gasteiger partial charge is 0.0777 e. The lowest BCUT2D eigenvalue weighted by Crippen LogP contribution is -1.96. The lowest BCUT2D eigenvalue weighted by molar-refractivity contribution is 0.283. The molecular formula is C17H16N2O. The number of nitrogens with zero attached hydrogens (tertiary/aromatic N) is 1. The summed E-state index contributed by atoms with van der Waals surface area (Å²) in [7, 11) is 0. The van der Waals surface area contributed by atoms with Crippen LogP contribution in [0, 0.1) is 6.92 Å². The third-order valence-corrected chi connectivity index (χ3v) is 3.44. The summed E-state index contributed by atoms with van der Waals surface area (Å²) in [6.07, 6.45) is 1.77. The van der Waals surface area contributed by atoms with Crippen molar-refractivity contribution in [1.29, 1.82) is 0 Å². The third kappa shape index (κ3) is 2.24. The number of hydrogen-bond acceptors (Lipinski definition) is 3. The van der Waals surface area contributed by atoms with Gasteiger partial charge >= 0.3 is 0 Å². The van der Waals surface area contributed by atoms with Crippen molar-refractivity contribution in [3.63, 3.8) is 0 Å². The highest BCUT2D eigenvalue weighted by atomic mass is 16.3. The molecule has 0 saturated heterocycles. The molecule has 0 amide bonds. The molecule has 3 aromatic rings. The van der Waals surface area contributed by atoms with Gasteiger partial charge in [-0.1, -0.05) is 36.4 Å². The summed E-state index contributed by atoms with van der Waals surface area (Å²) in [5, 5.41) is 13.9. The number of aryl methyl sites for hydroxylation is 1. The van der Waals surface area contributed by atoms with Gasteiger partial charge in [0.1, 0.15) is 0 Å². The first-order valence-corrected chi connectivity index (χ1v) is 6.59. The number of hydrogen-bond donors (Lipinski definition) is 2. The molecule has 0 unspecified atom stereocenters. The highest BCUT2D eigenvalue weighted by Gasteiger charge is 2.06. The van der Waals surface area contributed by atoms with Crippen molar-refractivity contribution in [2.24, 2.45) is 0 Å². The number of anilines is 2. The number of rotatable bonds is 3. The fraction of sp³-hybridized carbons (Fsp3) is 0.118. The Bertz CT molecular complexity index is 753. The molecule has 3 heteroatoms. The molecule has 20 heavy (non-hydrogen) atoms. The van der Waals surface area contributed by atoms with Gasteiger partial charge in [-0.25, -0.2) is 0 Å². The van der Waals surface area contributed by atoms with E-state index in [1.54, 1.807) is 6.20 Å². The SMILES string of the molecule is Cc1ccccc1Nc1ccnc2c(CO)cccc12. The van der Waals surface area contributed by atoms with Crippen molar-refractivity contribution in [2.75, 3.05) is 5.32 Å². The Morgan fingerprint density at radius 2 is 1.85 bits per heavy atom. The molecule has 3 nitrogen and oxygen atoms in total. The summed E-state index contributed by atoms with van der Waals surface area (Å²) >= 11 is 0. The van der Waals surface area contributed by atoms with E-state index in [2.05, 4.69) is 29.4 Å². The predicted octanol–water partition coefficient (Wildman–Crippen LogP) is 3.78. The summed E-state index contributed by atoms with van der Waals surface area (Å²) in [5.41, 5.74) is 4.95. The molecule has 0 spiro atoms. The molecule has 0 aliphatic rings. The lowest BCUT2D eigenvalue weighted by Gasteiger charge is -2.12. The Morgan fingerprint density at radius 1 is 1.00 bits per heavy atom. The molecule has 2 aromatic carbocycles. The maximum atomic E-state index is 9.40. The van der Waals surface area contributed by atoms with Crippen LogP contribution < -0.4 is 5.32 Å². The largest absolute Gasteiger partial charge is 0.392 e. The molecule has 0 fully saturated rings. The second-order valence-corrected chi connectivity index (χ2v) is 4.77. The van der Waals surface area contributed by atoms with Gasteiger partial charge in [-0.15, -0.1) is 0 Å². The number of aliphatic hydroxyl groups excluding tert-OH is 1. The van der Waals surface area contributed by atoms with E-state index in [9.17, 15) is 5.11 Å². The second-order valence-electron chi connectivity index (χ2n) is 4.77. The van der Waals surface area contributed by atoms with E-state index in [0.29, 0.717) is 0 Å². The van der Waals surface area contributed by atoms with Gasteiger partial charge in [0.2, 0.25) is 0 Å². The van der Waals surface area contributed by atoms with Crippen LogP contribution in [0.3, 0.4) is 0 Å². The lowest BCUT2D eigenvalue weighted by atomic mass is 10.1. The first-order chi connectivity index (χ1) is 9.79. The normalized spacial score (nSPS) is 10.7. The fourth-order valence-electron chi connectivity index (χ4n) is 2.33. The van der Waals surface area contributed by atoms with E-state index in [-0.39, 0.29) is 6.61 Å². The number of aliphatic hydroxyl groups is 1. The Labute approximate surface area is 117 Å². The van der Waals surface area contributed by atoms with Crippen LogP contribution in [-0.2, 0) is 6.61 Å². The number of para-hydroxylation sites is 2. The summed E-state index contributed by atoms with van der Waals surface area (Å²) < 4.78 is 0. The molecule has 1 heterocycles. The molecule has 0 saturated carbocycles. The first-order valence-electron chi connectivity index (χ1n) is 6.59. The van der Waals surface area contributed by atoms with Gasteiger partial charge in [-0.05, 0) is 24.6 Å². The third-order valence-electron chi connectivity index (χ3n) is 3.44. The topological polar surface area (TPSA) is 45.2 Å². The second kappa shape index (κ2) is 5.31. The molecule has 3 rings (SSSR count). The molecule has 0 aliphatic heterocycles. The zero-order valence-corrected chi connectivity index (χ0v) is 11.3. The Morgan fingerprint density at radius 3 is 2.65 bits per heavy atom. The average molecular weight is 264 g/mol. The molecule has 1 aromatic heterocycles. The minimum atomic E-state index is -0.00183. The van der Waals surface area contributed by atoms with Crippen molar-refractivity contribution in [2.45, 2.75) is 13.5 Å². The van der Waals surface area contributed by atoms with Crippen molar-refractivity contribution < 1.29 is 5.11 Å². The fourth-order valence-corrected chi connectivity index (χ4v) is 2.33. The van der Waals surface area contributed by atoms with Gasteiger partial charge in [0, 0.05) is 28.5 Å². The molecule has 0 radical (unpaired) electrons. The van der Waals surface area contributed by atoms with Gasteiger partial charge in [0.15, 0.2) is 0 Å². The molecular weight excluding hydrogens is 248 g/mol. The maximum Gasteiger partial charge on any atom is 0.0777 e. The number of fused-ring (bicyclic) bond motifs is 1. The Kier molecular flexibility index (Phi) is 3.35. The highest BCUT2D eigenvalue weighted by Crippen LogP contribution is 2.28. The maximum absolute atomic E-state index is 9.40. The van der Waals surface area contributed by atoms with Gasteiger partial charge in [-0.3, -0.25) is 4.98 Å². The summed E-state index contributed by atoms with van der Waals surface area (Å²) in [4.78, 5) is 4.38. The van der Waals surface area contributed by atoms with Gasteiger partial charge in [0.05, 0.1) is 12.1 Å². The van der Waals surface area contributed by atoms with Crippen LogP contribution in [0.2, 0.25) is 0 Å². The van der Waals surface area contributed by atoms with Crippen molar-refractivity contribution in [3.8, 4) is 0 Å². The minimum absolute atomic E-state index is 0.00183. The standard InChI is InChI=1S/C17H16N2O/c1-12-5-2-3-8-15(12)19-16-9-10-18-17-13(11-20)6-4-7-14(16)17/h2-10,20H,11H2,1H3,(H,18,19). The van der Waals surface area contributed by atoms with E-state index in [4.69, 9.17) is 0 Å². The van der Waals surface area contributed by atoms with Crippen LogP contribution in [-0.4, -0.2) is 10.1 Å². The molecule has 0 bridgehead atoms. The Hall–Kier alpha value is -2.39. The van der Waals surface area contributed by atoms with Gasteiger partial charge in [-0.2, -0.15) is 0 Å². The first kappa shape index (κ1) is 12.6. The van der Waals surface area contributed by atoms with E-state index in [1.165, 1.54) is 5.56 Å². The number of aromatic nitrogens is 1. The highest BCUT2D eigenvalue weighted by molar-refractivity contribution is 5.94. The van der Waals surface area contributed by atoms with E-state index in [1.807, 2.05) is 36.4 Å². The van der Waals surface area contributed by atoms with Gasteiger partial charge < -0.3 is 10.4 Å². The zero-order valence-electron chi connectivity index (χ0n) is 11.3. The van der Waals surface area contributed by atoms with E-state index >= 15 is 0 Å². The predicted molar refractivity (Wildman–Crippen MR) is 82.1 cm³/mol. The monoisotopic (exact) mass is 264 g/mol. The number of benzene rings is 2. The van der Waals surface area contributed by atoms with Crippen LogP contribution in [0.5, 0.6) is 0 Å². The van der Waals surface area contributed by atoms with Crippen LogP contribution in [0.25, 0.3) is 10.9 Å². The Balaban J connectivity index is 2.11. The van der Waals surface area contributed by atoms with Crippen LogP contribution in [0.4, 0.5) is 11.4 Å².